The molecule has 0 amide bonds. The Hall–Kier alpha value is -0.790. The molecule has 0 fully saturated rings. The molecule has 0 bridgehead atoms. The maximum absolute atomic E-state index is 5.58. The van der Waals surface area contributed by atoms with Gasteiger partial charge in [0.05, 0.1) is 0 Å². The Bertz CT molecular complexity index is 145. The third-order valence-electron chi connectivity index (χ3n) is 1.19. The van der Waals surface area contributed by atoms with E-state index in [-0.39, 0.29) is 6.04 Å². The van der Waals surface area contributed by atoms with E-state index in [1.54, 1.807) is 0 Å². The highest BCUT2D eigenvalue weighted by molar-refractivity contribution is 5.96. The van der Waals surface area contributed by atoms with Crippen molar-refractivity contribution < 1.29 is 0 Å². The molecule has 0 aliphatic rings. The topological polar surface area (TPSA) is 38.4 Å². The zero-order chi connectivity index (χ0) is 8.15. The molecule has 2 N–H and O–H groups in total. The summed E-state index contributed by atoms with van der Waals surface area (Å²) in [6, 6.07) is 0.267. The summed E-state index contributed by atoms with van der Waals surface area (Å²) in [5.74, 6) is 0.595. The predicted molar refractivity (Wildman–Crippen MR) is 46.2 cm³/mol. The van der Waals surface area contributed by atoms with Crippen molar-refractivity contribution in [2.75, 3.05) is 0 Å². The zero-order valence-corrected chi connectivity index (χ0v) is 7.02. The maximum atomic E-state index is 5.58. The van der Waals surface area contributed by atoms with Crippen LogP contribution in [0.1, 0.15) is 27.2 Å². The molecule has 0 saturated heterocycles. The summed E-state index contributed by atoms with van der Waals surface area (Å²) in [5, 5.41) is 0. The van der Waals surface area contributed by atoms with Crippen molar-refractivity contribution in [2.45, 2.75) is 33.2 Å². The van der Waals surface area contributed by atoms with E-state index in [4.69, 9.17) is 5.73 Å². The van der Waals surface area contributed by atoms with E-state index in [1.165, 1.54) is 0 Å². The van der Waals surface area contributed by atoms with Crippen LogP contribution in [0.2, 0.25) is 0 Å². The quantitative estimate of drug-likeness (QED) is 0.470. The van der Waals surface area contributed by atoms with E-state index < -0.39 is 0 Å². The lowest BCUT2D eigenvalue weighted by Gasteiger charge is -2.02. The van der Waals surface area contributed by atoms with Gasteiger partial charge in [-0.1, -0.05) is 13.5 Å². The molecule has 0 atom stereocenters. The van der Waals surface area contributed by atoms with Gasteiger partial charge in [-0.2, -0.15) is 0 Å². The molecule has 0 aromatic carbocycles. The van der Waals surface area contributed by atoms with Crippen LogP contribution in [0.4, 0.5) is 0 Å². The van der Waals surface area contributed by atoms with Crippen LogP contribution in [0.15, 0.2) is 17.1 Å². The number of amidine groups is 1. The lowest BCUT2D eigenvalue weighted by atomic mass is 10.2. The Morgan fingerprint density at radius 2 is 2.10 bits per heavy atom. The highest BCUT2D eigenvalue weighted by Gasteiger charge is 1.96. The molecule has 0 aromatic rings. The predicted octanol–water partition coefficient (Wildman–Crippen LogP) is 1.72. The highest BCUT2D eigenvalue weighted by atomic mass is 14.9. The summed E-state index contributed by atoms with van der Waals surface area (Å²) in [7, 11) is 0. The zero-order valence-electron chi connectivity index (χ0n) is 7.02. The number of aliphatic imine (C=N–C) groups is 1. The number of rotatable bonds is 3. The van der Waals surface area contributed by atoms with Gasteiger partial charge < -0.3 is 5.73 Å². The summed E-state index contributed by atoms with van der Waals surface area (Å²) < 4.78 is 0. The Morgan fingerprint density at radius 1 is 1.60 bits per heavy atom. The van der Waals surface area contributed by atoms with Gasteiger partial charge >= 0.3 is 0 Å². The van der Waals surface area contributed by atoms with Crippen molar-refractivity contribution in [3.8, 4) is 0 Å². The molecule has 0 radical (unpaired) electrons. The van der Waals surface area contributed by atoms with Crippen LogP contribution in [-0.2, 0) is 0 Å². The van der Waals surface area contributed by atoms with Crippen molar-refractivity contribution in [3.05, 3.63) is 12.2 Å². The third kappa shape index (κ3) is 3.28. The van der Waals surface area contributed by atoms with Crippen molar-refractivity contribution in [3.63, 3.8) is 0 Å². The molecule has 2 heteroatoms. The fourth-order valence-electron chi connectivity index (χ4n) is 0.551. The van der Waals surface area contributed by atoms with E-state index in [2.05, 4.69) is 11.6 Å². The largest absolute Gasteiger partial charge is 0.384 e. The van der Waals surface area contributed by atoms with Gasteiger partial charge in [0.25, 0.3) is 0 Å². The Balaban J connectivity index is 4.05. The maximum Gasteiger partial charge on any atom is 0.121 e. The first-order valence-electron chi connectivity index (χ1n) is 3.59. The van der Waals surface area contributed by atoms with Gasteiger partial charge in [-0.15, -0.1) is 0 Å². The van der Waals surface area contributed by atoms with Gasteiger partial charge in [0.1, 0.15) is 5.84 Å². The van der Waals surface area contributed by atoms with Gasteiger partial charge in [0.2, 0.25) is 0 Å². The number of hydrogen-bond donors (Lipinski definition) is 1. The molecule has 0 rings (SSSR count). The Labute approximate surface area is 62.8 Å². The SMILES string of the molecule is C=C(CC)C(N)=NC(C)C. The monoisotopic (exact) mass is 140 g/mol. The van der Waals surface area contributed by atoms with Crippen LogP contribution in [0.5, 0.6) is 0 Å². The van der Waals surface area contributed by atoms with Gasteiger partial charge in [0.15, 0.2) is 0 Å². The molecule has 58 valence electrons. The first kappa shape index (κ1) is 9.21. The van der Waals surface area contributed by atoms with E-state index in [0.29, 0.717) is 5.84 Å². The summed E-state index contributed by atoms with van der Waals surface area (Å²) in [5.41, 5.74) is 6.50. The molecule has 0 heterocycles. The van der Waals surface area contributed by atoms with Crippen molar-refractivity contribution in [1.82, 2.24) is 0 Å². The second-order valence-corrected chi connectivity index (χ2v) is 2.57. The molecule has 2 nitrogen and oxygen atoms in total. The van der Waals surface area contributed by atoms with Crippen LogP contribution < -0.4 is 5.73 Å². The molecule has 0 unspecified atom stereocenters. The average Bonchev–Trinajstić information content (AvgIpc) is 1.85. The Kier molecular flexibility index (Phi) is 3.77. The second kappa shape index (κ2) is 4.09. The fourth-order valence-corrected chi connectivity index (χ4v) is 0.551. The molecule has 0 aromatic heterocycles. The van der Waals surface area contributed by atoms with E-state index in [0.717, 1.165) is 12.0 Å². The normalized spacial score (nSPS) is 12.2. The van der Waals surface area contributed by atoms with Crippen molar-refractivity contribution in [2.24, 2.45) is 10.7 Å². The Morgan fingerprint density at radius 3 is 2.40 bits per heavy atom. The molecule has 10 heavy (non-hydrogen) atoms. The number of nitrogens with zero attached hydrogens (tertiary/aromatic N) is 1. The van der Waals surface area contributed by atoms with Crippen LogP contribution in [0, 0.1) is 0 Å². The molecule has 0 aliphatic carbocycles. The lowest BCUT2D eigenvalue weighted by Crippen LogP contribution is -2.15. The molecular formula is C8H16N2. The van der Waals surface area contributed by atoms with Crippen LogP contribution >= 0.6 is 0 Å². The third-order valence-corrected chi connectivity index (χ3v) is 1.19. The van der Waals surface area contributed by atoms with E-state index >= 15 is 0 Å². The minimum Gasteiger partial charge on any atom is -0.384 e. The fraction of sp³-hybridized carbons (Fsp3) is 0.625. The van der Waals surface area contributed by atoms with E-state index in [1.807, 2.05) is 20.8 Å². The van der Waals surface area contributed by atoms with Gasteiger partial charge in [-0.25, -0.2) is 0 Å². The average molecular weight is 140 g/mol. The number of nitrogens with two attached hydrogens (primary N) is 1. The lowest BCUT2D eigenvalue weighted by molar-refractivity contribution is 0.832. The molecule has 0 spiro atoms. The van der Waals surface area contributed by atoms with Gasteiger partial charge in [-0.3, -0.25) is 4.99 Å². The van der Waals surface area contributed by atoms with Crippen LogP contribution in [0.3, 0.4) is 0 Å². The van der Waals surface area contributed by atoms with Crippen LogP contribution in [0.25, 0.3) is 0 Å². The second-order valence-electron chi connectivity index (χ2n) is 2.57. The first-order chi connectivity index (χ1) is 4.57. The molecular weight excluding hydrogens is 124 g/mol. The summed E-state index contributed by atoms with van der Waals surface area (Å²) >= 11 is 0. The summed E-state index contributed by atoms with van der Waals surface area (Å²) in [4.78, 5) is 4.14. The molecule has 0 aliphatic heterocycles. The summed E-state index contributed by atoms with van der Waals surface area (Å²) in [6.45, 7) is 9.78. The number of hydrogen-bond acceptors (Lipinski definition) is 1. The minimum atomic E-state index is 0.267. The van der Waals surface area contributed by atoms with Crippen LogP contribution in [-0.4, -0.2) is 11.9 Å². The molecule has 0 saturated carbocycles. The van der Waals surface area contributed by atoms with E-state index in [9.17, 15) is 0 Å². The van der Waals surface area contributed by atoms with Gasteiger partial charge in [-0.05, 0) is 25.8 Å². The van der Waals surface area contributed by atoms with Crippen molar-refractivity contribution >= 4 is 5.84 Å². The first-order valence-corrected chi connectivity index (χ1v) is 3.59. The summed E-state index contributed by atoms with van der Waals surface area (Å²) in [6.07, 6.45) is 0.877. The minimum absolute atomic E-state index is 0.267. The highest BCUT2D eigenvalue weighted by Crippen LogP contribution is 1.97. The van der Waals surface area contributed by atoms with Gasteiger partial charge in [0, 0.05) is 6.04 Å². The van der Waals surface area contributed by atoms with Crippen molar-refractivity contribution in [1.29, 1.82) is 0 Å². The standard InChI is InChI=1S/C8H16N2/c1-5-7(4)8(9)10-6(2)3/h6H,4-5H2,1-3H3,(H2,9,10). The smallest absolute Gasteiger partial charge is 0.121 e.